The summed E-state index contributed by atoms with van der Waals surface area (Å²) in [5, 5.41) is 3.31. The lowest BCUT2D eigenvalue weighted by molar-refractivity contribution is 0.0951. The normalized spacial score (nSPS) is 11.7. The molecule has 3 aromatic carbocycles. The summed E-state index contributed by atoms with van der Waals surface area (Å²) < 4.78 is 31.6. The fourth-order valence-electron chi connectivity index (χ4n) is 2.88. The largest absolute Gasteiger partial charge is 0.489 e. The summed E-state index contributed by atoms with van der Waals surface area (Å²) in [7, 11) is -3.67. The van der Waals surface area contributed by atoms with Crippen LogP contribution in [0.3, 0.4) is 0 Å². The smallest absolute Gasteiger partial charge is 0.261 e. The van der Waals surface area contributed by atoms with Crippen LogP contribution in [-0.2, 0) is 23.1 Å². The first-order valence-electron chi connectivity index (χ1n) is 10.2. The molecule has 0 fully saturated rings. The third-order valence-corrected chi connectivity index (χ3v) is 4.49. The monoisotopic (exact) mass is 455 g/mol. The third kappa shape index (κ3) is 10.3. The van der Waals surface area contributed by atoms with Crippen LogP contribution in [0, 0.1) is 0 Å². The molecule has 0 aliphatic heterocycles. The highest BCUT2D eigenvalue weighted by molar-refractivity contribution is 7.85. The maximum absolute atomic E-state index is 12.6. The minimum Gasteiger partial charge on any atom is -0.489 e. The number of carbonyl (C=O) groups is 1. The number of ketones is 1. The van der Waals surface area contributed by atoms with Gasteiger partial charge in [0.1, 0.15) is 12.4 Å². The van der Waals surface area contributed by atoms with E-state index < -0.39 is 10.1 Å². The van der Waals surface area contributed by atoms with Gasteiger partial charge in [0.15, 0.2) is 5.78 Å². The molecule has 0 bridgehead atoms. The van der Waals surface area contributed by atoms with Crippen molar-refractivity contribution < 1.29 is 22.5 Å². The maximum Gasteiger partial charge on any atom is 0.261 e. The third-order valence-electron chi connectivity index (χ3n) is 4.49. The number of hydrogen-bond donors (Lipinski definition) is 2. The summed E-state index contributed by atoms with van der Waals surface area (Å²) in [5.74, 6) is 0.859. The van der Waals surface area contributed by atoms with Gasteiger partial charge in [-0.3, -0.25) is 9.35 Å². The lowest BCUT2D eigenvalue weighted by Gasteiger charge is -2.13. The molecule has 0 amide bonds. The Balaban J connectivity index is 0.000000654. The average Bonchev–Trinajstić information content (AvgIpc) is 2.78. The minimum atomic E-state index is -3.67. The van der Waals surface area contributed by atoms with E-state index >= 15 is 0 Å². The summed E-state index contributed by atoms with van der Waals surface area (Å²) in [5.41, 5.74) is 3.08. The SMILES string of the molecule is CS(=O)(=O)O.C[C@@H](NCCc1ccccc1)C(=O)c1ccc(OCc2ccccc2)cc1. The number of nitrogens with one attached hydrogen (secondary N) is 1. The molecule has 0 aliphatic rings. The van der Waals surface area contributed by atoms with E-state index in [0.717, 1.165) is 24.3 Å². The van der Waals surface area contributed by atoms with E-state index in [2.05, 4.69) is 17.4 Å². The second kappa shape index (κ2) is 12.8. The number of ether oxygens (including phenoxy) is 1. The zero-order valence-corrected chi connectivity index (χ0v) is 19.1. The van der Waals surface area contributed by atoms with E-state index in [-0.39, 0.29) is 11.8 Å². The summed E-state index contributed by atoms with van der Waals surface area (Å²) >= 11 is 0. The second-order valence-electron chi connectivity index (χ2n) is 7.31. The Bertz CT molecular complexity index is 1040. The van der Waals surface area contributed by atoms with Crippen LogP contribution in [0.2, 0.25) is 0 Å². The fraction of sp³-hybridized carbons (Fsp3) is 0.240. The zero-order chi connectivity index (χ0) is 23.4. The van der Waals surface area contributed by atoms with Crippen molar-refractivity contribution in [3.63, 3.8) is 0 Å². The lowest BCUT2D eigenvalue weighted by Crippen LogP contribution is -2.35. The van der Waals surface area contributed by atoms with Gasteiger partial charge in [0, 0.05) is 5.56 Å². The van der Waals surface area contributed by atoms with Crippen LogP contribution < -0.4 is 10.1 Å². The molecule has 7 heteroatoms. The summed E-state index contributed by atoms with van der Waals surface area (Å²) in [6.45, 7) is 3.20. The number of carbonyl (C=O) groups excluding carboxylic acids is 1. The molecule has 0 saturated carbocycles. The van der Waals surface area contributed by atoms with Crippen molar-refractivity contribution in [2.45, 2.75) is 26.0 Å². The first kappa shape index (κ1) is 25.3. The van der Waals surface area contributed by atoms with Gasteiger partial charge in [0.25, 0.3) is 10.1 Å². The first-order valence-corrected chi connectivity index (χ1v) is 12.1. The highest BCUT2D eigenvalue weighted by Gasteiger charge is 2.14. The number of hydrogen-bond acceptors (Lipinski definition) is 5. The van der Waals surface area contributed by atoms with Gasteiger partial charge in [-0.15, -0.1) is 0 Å². The van der Waals surface area contributed by atoms with Crippen molar-refractivity contribution in [1.82, 2.24) is 5.32 Å². The van der Waals surface area contributed by atoms with Crippen LogP contribution in [0.1, 0.15) is 28.4 Å². The molecular weight excluding hydrogens is 426 g/mol. The van der Waals surface area contributed by atoms with Gasteiger partial charge in [0.05, 0.1) is 12.3 Å². The standard InChI is InChI=1S/C24H25NO2.CH4O3S/c1-19(25-17-16-20-8-4-2-5-9-20)24(26)22-12-14-23(15-13-22)27-18-21-10-6-3-7-11-21;1-5(2,3)4/h2-15,19,25H,16-18H2,1H3;1H3,(H,2,3,4)/t19-;/m1./s1. The summed E-state index contributed by atoms with van der Waals surface area (Å²) in [4.78, 5) is 12.6. The summed E-state index contributed by atoms with van der Waals surface area (Å²) in [6, 6.07) is 27.5. The van der Waals surface area contributed by atoms with Crippen LogP contribution in [0.5, 0.6) is 5.75 Å². The molecule has 170 valence electrons. The van der Waals surface area contributed by atoms with Gasteiger partial charge < -0.3 is 10.1 Å². The summed E-state index contributed by atoms with van der Waals surface area (Å²) in [6.07, 6.45) is 1.62. The predicted molar refractivity (Wildman–Crippen MR) is 127 cm³/mol. The predicted octanol–water partition coefficient (Wildman–Crippen LogP) is 4.17. The van der Waals surface area contributed by atoms with E-state index in [4.69, 9.17) is 9.29 Å². The highest BCUT2D eigenvalue weighted by Crippen LogP contribution is 2.15. The lowest BCUT2D eigenvalue weighted by atomic mass is 10.0. The van der Waals surface area contributed by atoms with E-state index in [1.807, 2.05) is 79.7 Å². The second-order valence-corrected chi connectivity index (χ2v) is 8.77. The Morgan fingerprint density at radius 3 is 1.94 bits per heavy atom. The molecule has 0 spiro atoms. The quantitative estimate of drug-likeness (QED) is 0.372. The molecule has 32 heavy (non-hydrogen) atoms. The molecule has 0 heterocycles. The Kier molecular flexibility index (Phi) is 10.1. The van der Waals surface area contributed by atoms with Crippen molar-refractivity contribution >= 4 is 15.9 Å². The zero-order valence-electron chi connectivity index (χ0n) is 18.3. The fourth-order valence-corrected chi connectivity index (χ4v) is 2.88. The molecule has 0 aromatic heterocycles. The van der Waals surface area contributed by atoms with E-state index in [9.17, 15) is 13.2 Å². The Morgan fingerprint density at radius 1 is 0.906 bits per heavy atom. The van der Waals surface area contributed by atoms with Gasteiger partial charge in [-0.1, -0.05) is 60.7 Å². The van der Waals surface area contributed by atoms with Crippen molar-refractivity contribution in [3.05, 3.63) is 102 Å². The van der Waals surface area contributed by atoms with E-state index in [1.165, 1.54) is 5.56 Å². The van der Waals surface area contributed by atoms with Crippen LogP contribution >= 0.6 is 0 Å². The number of Topliss-reactive ketones (excluding diaryl/α,β-unsaturated/α-hetero) is 1. The molecule has 6 nitrogen and oxygen atoms in total. The Labute approximate surface area is 190 Å². The maximum atomic E-state index is 12.6. The first-order chi connectivity index (χ1) is 15.2. The van der Waals surface area contributed by atoms with Gasteiger partial charge in [0.2, 0.25) is 0 Å². The molecule has 0 unspecified atom stereocenters. The van der Waals surface area contributed by atoms with Crippen molar-refractivity contribution in [3.8, 4) is 5.75 Å². The molecular formula is C25H29NO5S. The Hall–Kier alpha value is -3.00. The van der Waals surface area contributed by atoms with Crippen molar-refractivity contribution in [2.24, 2.45) is 0 Å². The molecule has 0 radical (unpaired) electrons. The molecule has 0 saturated heterocycles. The van der Waals surface area contributed by atoms with Crippen LogP contribution in [-0.4, -0.2) is 37.6 Å². The highest BCUT2D eigenvalue weighted by atomic mass is 32.2. The molecule has 1 atom stereocenters. The van der Waals surface area contributed by atoms with Crippen LogP contribution in [0.25, 0.3) is 0 Å². The number of rotatable bonds is 9. The Morgan fingerprint density at radius 2 is 1.41 bits per heavy atom. The molecule has 0 aliphatic carbocycles. The average molecular weight is 456 g/mol. The van der Waals surface area contributed by atoms with Gasteiger partial charge in [-0.25, -0.2) is 0 Å². The number of benzene rings is 3. The molecule has 3 rings (SSSR count). The van der Waals surface area contributed by atoms with Crippen LogP contribution in [0.4, 0.5) is 0 Å². The van der Waals surface area contributed by atoms with E-state index in [0.29, 0.717) is 18.4 Å². The molecule has 2 N–H and O–H groups in total. The van der Waals surface area contributed by atoms with Crippen molar-refractivity contribution in [1.29, 1.82) is 0 Å². The van der Waals surface area contributed by atoms with Gasteiger partial charge in [-0.05, 0) is 55.3 Å². The minimum absolute atomic E-state index is 0.0951. The van der Waals surface area contributed by atoms with E-state index in [1.54, 1.807) is 0 Å². The van der Waals surface area contributed by atoms with Gasteiger partial charge >= 0.3 is 0 Å². The topological polar surface area (TPSA) is 92.7 Å². The van der Waals surface area contributed by atoms with Crippen LogP contribution in [0.15, 0.2) is 84.9 Å². The van der Waals surface area contributed by atoms with Gasteiger partial charge in [-0.2, -0.15) is 8.42 Å². The molecule has 3 aromatic rings. The van der Waals surface area contributed by atoms with Crippen molar-refractivity contribution in [2.75, 3.05) is 12.8 Å².